The van der Waals surface area contributed by atoms with E-state index in [-0.39, 0.29) is 0 Å². The van der Waals surface area contributed by atoms with Crippen LogP contribution in [0.1, 0.15) is 12.6 Å². The number of benzene rings is 1. The zero-order valence-electron chi connectivity index (χ0n) is 10.7. The SMILES string of the molecule is CCNCc1cncc(-n2ncc3ccccc32)n1. The molecule has 0 atom stereocenters. The molecule has 19 heavy (non-hydrogen) atoms. The number of nitrogens with one attached hydrogen (secondary N) is 1. The first-order chi connectivity index (χ1) is 9.38. The molecule has 0 unspecified atom stereocenters. The van der Waals surface area contributed by atoms with Crippen molar-refractivity contribution in [3.05, 3.63) is 48.5 Å². The molecule has 0 aliphatic carbocycles. The Morgan fingerprint density at radius 1 is 1.16 bits per heavy atom. The molecule has 0 aliphatic heterocycles. The lowest BCUT2D eigenvalue weighted by molar-refractivity contribution is 0.701. The van der Waals surface area contributed by atoms with Gasteiger partial charge in [0.25, 0.3) is 0 Å². The lowest BCUT2D eigenvalue weighted by Crippen LogP contribution is -2.14. The van der Waals surface area contributed by atoms with E-state index in [9.17, 15) is 0 Å². The van der Waals surface area contributed by atoms with Crippen molar-refractivity contribution in [2.45, 2.75) is 13.5 Å². The highest BCUT2D eigenvalue weighted by Gasteiger charge is 2.06. The molecule has 0 spiro atoms. The van der Waals surface area contributed by atoms with Crippen molar-refractivity contribution in [3.8, 4) is 5.82 Å². The van der Waals surface area contributed by atoms with Crippen LogP contribution < -0.4 is 5.32 Å². The predicted molar refractivity (Wildman–Crippen MR) is 74.0 cm³/mol. The summed E-state index contributed by atoms with van der Waals surface area (Å²) in [5.41, 5.74) is 1.95. The molecule has 5 nitrogen and oxygen atoms in total. The average molecular weight is 253 g/mol. The van der Waals surface area contributed by atoms with E-state index in [1.807, 2.05) is 35.1 Å². The number of hydrogen-bond acceptors (Lipinski definition) is 4. The van der Waals surface area contributed by atoms with Crippen molar-refractivity contribution in [1.82, 2.24) is 25.1 Å². The summed E-state index contributed by atoms with van der Waals surface area (Å²) in [5.74, 6) is 0.747. The Balaban J connectivity index is 2.01. The number of para-hydroxylation sites is 1. The van der Waals surface area contributed by atoms with Gasteiger partial charge in [-0.05, 0) is 12.6 Å². The van der Waals surface area contributed by atoms with Crippen LogP contribution in [0, 0.1) is 0 Å². The second-order valence-corrected chi connectivity index (χ2v) is 4.26. The summed E-state index contributed by atoms with van der Waals surface area (Å²) in [5, 5.41) is 8.72. The Morgan fingerprint density at radius 3 is 2.95 bits per heavy atom. The first kappa shape index (κ1) is 11.8. The van der Waals surface area contributed by atoms with Gasteiger partial charge in [-0.25, -0.2) is 9.67 Å². The molecule has 0 amide bonds. The van der Waals surface area contributed by atoms with Gasteiger partial charge in [0.2, 0.25) is 0 Å². The van der Waals surface area contributed by atoms with E-state index >= 15 is 0 Å². The van der Waals surface area contributed by atoms with Gasteiger partial charge in [-0.2, -0.15) is 5.10 Å². The van der Waals surface area contributed by atoms with Crippen LogP contribution in [0.5, 0.6) is 0 Å². The molecule has 2 heterocycles. The van der Waals surface area contributed by atoms with Crippen LogP contribution in [0.15, 0.2) is 42.9 Å². The van der Waals surface area contributed by atoms with E-state index in [0.717, 1.165) is 35.5 Å². The van der Waals surface area contributed by atoms with Gasteiger partial charge in [-0.3, -0.25) is 4.98 Å². The third-order valence-electron chi connectivity index (χ3n) is 2.92. The van der Waals surface area contributed by atoms with Gasteiger partial charge in [0, 0.05) is 18.1 Å². The number of fused-ring (bicyclic) bond motifs is 1. The summed E-state index contributed by atoms with van der Waals surface area (Å²) in [6.07, 6.45) is 5.35. The van der Waals surface area contributed by atoms with Crippen LogP contribution in [-0.4, -0.2) is 26.3 Å². The third-order valence-corrected chi connectivity index (χ3v) is 2.92. The predicted octanol–water partition coefficient (Wildman–Crippen LogP) is 1.92. The maximum atomic E-state index is 4.58. The Kier molecular flexibility index (Phi) is 3.20. The topological polar surface area (TPSA) is 55.6 Å². The van der Waals surface area contributed by atoms with Crippen LogP contribution in [0.4, 0.5) is 0 Å². The molecule has 2 aromatic heterocycles. The van der Waals surface area contributed by atoms with E-state index in [1.54, 1.807) is 12.4 Å². The van der Waals surface area contributed by atoms with Crippen LogP contribution in [0.2, 0.25) is 0 Å². The van der Waals surface area contributed by atoms with Gasteiger partial charge in [0.05, 0.1) is 23.6 Å². The Hall–Kier alpha value is -2.27. The van der Waals surface area contributed by atoms with E-state index in [1.165, 1.54) is 0 Å². The van der Waals surface area contributed by atoms with Crippen LogP contribution in [0.3, 0.4) is 0 Å². The van der Waals surface area contributed by atoms with Crippen LogP contribution >= 0.6 is 0 Å². The quantitative estimate of drug-likeness (QED) is 0.772. The van der Waals surface area contributed by atoms with Gasteiger partial charge >= 0.3 is 0 Å². The highest BCUT2D eigenvalue weighted by Crippen LogP contribution is 2.16. The molecule has 0 aliphatic rings. The summed E-state index contributed by atoms with van der Waals surface area (Å²) in [7, 11) is 0. The zero-order valence-corrected chi connectivity index (χ0v) is 10.7. The first-order valence-corrected chi connectivity index (χ1v) is 6.33. The van der Waals surface area contributed by atoms with E-state index in [2.05, 4.69) is 27.3 Å². The number of aromatic nitrogens is 4. The molecule has 0 fully saturated rings. The summed E-state index contributed by atoms with van der Waals surface area (Å²) in [4.78, 5) is 8.82. The van der Waals surface area contributed by atoms with Gasteiger partial charge in [-0.1, -0.05) is 25.1 Å². The van der Waals surface area contributed by atoms with Crippen LogP contribution in [0.25, 0.3) is 16.7 Å². The van der Waals surface area contributed by atoms with Gasteiger partial charge in [0.1, 0.15) is 0 Å². The molecule has 1 N–H and O–H groups in total. The fourth-order valence-corrected chi connectivity index (χ4v) is 1.99. The molecular formula is C14H15N5. The van der Waals surface area contributed by atoms with E-state index < -0.39 is 0 Å². The Bertz CT molecular complexity index is 689. The standard InChI is InChI=1S/C14H15N5/c1-2-15-8-12-9-16-10-14(18-12)19-13-6-4-3-5-11(13)7-17-19/h3-7,9-10,15H,2,8H2,1H3. The van der Waals surface area contributed by atoms with Crippen molar-refractivity contribution in [1.29, 1.82) is 0 Å². The minimum absolute atomic E-state index is 0.719. The minimum Gasteiger partial charge on any atom is -0.311 e. The normalized spacial score (nSPS) is 11.0. The molecule has 3 aromatic rings. The fourth-order valence-electron chi connectivity index (χ4n) is 1.99. The van der Waals surface area contributed by atoms with E-state index in [0.29, 0.717) is 0 Å². The maximum absolute atomic E-state index is 4.58. The summed E-state index contributed by atoms with van der Waals surface area (Å²) in [6.45, 7) is 3.70. The van der Waals surface area contributed by atoms with Crippen molar-refractivity contribution in [2.75, 3.05) is 6.54 Å². The Morgan fingerprint density at radius 2 is 2.05 bits per heavy atom. The highest BCUT2D eigenvalue weighted by atomic mass is 15.3. The molecule has 0 bridgehead atoms. The average Bonchev–Trinajstić information content (AvgIpc) is 2.89. The van der Waals surface area contributed by atoms with Crippen LogP contribution in [-0.2, 0) is 6.54 Å². The smallest absolute Gasteiger partial charge is 0.172 e. The van der Waals surface area contributed by atoms with E-state index in [4.69, 9.17) is 0 Å². The number of nitrogens with zero attached hydrogens (tertiary/aromatic N) is 4. The molecule has 5 heteroatoms. The molecule has 0 saturated heterocycles. The lowest BCUT2D eigenvalue weighted by atomic mass is 10.2. The molecular weight excluding hydrogens is 238 g/mol. The second-order valence-electron chi connectivity index (χ2n) is 4.26. The Labute approximate surface area is 111 Å². The monoisotopic (exact) mass is 253 g/mol. The summed E-state index contributed by atoms with van der Waals surface area (Å²) >= 11 is 0. The van der Waals surface area contributed by atoms with Crippen molar-refractivity contribution in [3.63, 3.8) is 0 Å². The van der Waals surface area contributed by atoms with Gasteiger partial charge < -0.3 is 5.32 Å². The number of hydrogen-bond donors (Lipinski definition) is 1. The molecule has 3 rings (SSSR count). The molecule has 96 valence electrons. The third kappa shape index (κ3) is 2.32. The number of rotatable bonds is 4. The fraction of sp³-hybridized carbons (Fsp3) is 0.214. The highest BCUT2D eigenvalue weighted by molar-refractivity contribution is 5.79. The van der Waals surface area contributed by atoms with Gasteiger partial charge in [-0.15, -0.1) is 0 Å². The largest absolute Gasteiger partial charge is 0.311 e. The summed E-state index contributed by atoms with van der Waals surface area (Å²) < 4.78 is 1.82. The van der Waals surface area contributed by atoms with Gasteiger partial charge in [0.15, 0.2) is 5.82 Å². The minimum atomic E-state index is 0.719. The second kappa shape index (κ2) is 5.16. The molecule has 0 radical (unpaired) electrons. The lowest BCUT2D eigenvalue weighted by Gasteiger charge is -2.05. The first-order valence-electron chi connectivity index (χ1n) is 6.33. The van der Waals surface area contributed by atoms with Crippen molar-refractivity contribution < 1.29 is 0 Å². The van der Waals surface area contributed by atoms with Crippen molar-refractivity contribution in [2.24, 2.45) is 0 Å². The zero-order chi connectivity index (χ0) is 13.1. The van der Waals surface area contributed by atoms with Crippen molar-refractivity contribution >= 4 is 10.9 Å². The molecule has 0 saturated carbocycles. The summed E-state index contributed by atoms with van der Waals surface area (Å²) in [6, 6.07) is 8.06. The maximum Gasteiger partial charge on any atom is 0.172 e. The molecule has 1 aromatic carbocycles.